The first-order valence-electron chi connectivity index (χ1n) is 6.61. The third kappa shape index (κ3) is 3.34. The Kier molecular flexibility index (Phi) is 4.72. The molecule has 0 spiro atoms. The van der Waals surface area contributed by atoms with Crippen LogP contribution in [-0.2, 0) is 10.0 Å². The normalized spacial score (nSPS) is 23.8. The minimum absolute atomic E-state index is 0.0372. The van der Waals surface area contributed by atoms with E-state index >= 15 is 0 Å². The lowest BCUT2D eigenvalue weighted by molar-refractivity contribution is 0.296. The van der Waals surface area contributed by atoms with Gasteiger partial charge in [-0.2, -0.15) is 0 Å². The first-order valence-corrected chi connectivity index (χ1v) is 8.10. The van der Waals surface area contributed by atoms with Crippen molar-refractivity contribution in [2.75, 3.05) is 6.54 Å². The molecule has 0 unspecified atom stereocenters. The smallest absolute Gasteiger partial charge is 0.243 e. The molecule has 20 heavy (non-hydrogen) atoms. The monoisotopic (exact) mass is 304 g/mol. The number of hydrogen-bond acceptors (Lipinski definition) is 3. The maximum absolute atomic E-state index is 13.6. The van der Waals surface area contributed by atoms with E-state index in [0.29, 0.717) is 19.0 Å². The molecule has 0 aliphatic heterocycles. The highest BCUT2D eigenvalue weighted by Gasteiger charge is 2.30. The number of benzene rings is 1. The predicted molar refractivity (Wildman–Crippen MR) is 71.5 cm³/mol. The lowest BCUT2D eigenvalue weighted by Crippen LogP contribution is -2.44. The van der Waals surface area contributed by atoms with Crippen LogP contribution in [0.1, 0.15) is 25.7 Å². The lowest BCUT2D eigenvalue weighted by atomic mass is 9.85. The fourth-order valence-electron chi connectivity index (χ4n) is 2.59. The summed E-state index contributed by atoms with van der Waals surface area (Å²) < 4.78 is 53.5. The van der Waals surface area contributed by atoms with Crippen molar-refractivity contribution in [1.29, 1.82) is 0 Å². The molecule has 7 heteroatoms. The molecule has 0 aromatic heterocycles. The van der Waals surface area contributed by atoms with Crippen LogP contribution in [0, 0.1) is 17.6 Å². The Morgan fingerprint density at radius 2 is 1.95 bits per heavy atom. The first-order chi connectivity index (χ1) is 9.44. The van der Waals surface area contributed by atoms with Gasteiger partial charge in [0.05, 0.1) is 0 Å². The third-order valence-corrected chi connectivity index (χ3v) is 5.21. The van der Waals surface area contributed by atoms with Crippen molar-refractivity contribution in [2.24, 2.45) is 11.7 Å². The molecule has 1 aliphatic carbocycles. The van der Waals surface area contributed by atoms with E-state index in [1.165, 1.54) is 0 Å². The molecule has 2 atom stereocenters. The van der Waals surface area contributed by atoms with Gasteiger partial charge in [-0.05, 0) is 43.5 Å². The molecule has 2 rings (SSSR count). The molecule has 0 bridgehead atoms. The quantitative estimate of drug-likeness (QED) is 0.890. The van der Waals surface area contributed by atoms with E-state index in [2.05, 4.69) is 4.72 Å². The molecular formula is C13H18F2N2O2S. The van der Waals surface area contributed by atoms with Crippen LogP contribution in [-0.4, -0.2) is 21.0 Å². The highest BCUT2D eigenvalue weighted by molar-refractivity contribution is 7.89. The summed E-state index contributed by atoms with van der Waals surface area (Å²) in [5.74, 6) is -1.71. The molecule has 3 N–H and O–H groups in total. The summed E-state index contributed by atoms with van der Waals surface area (Å²) in [6.45, 7) is 0.374. The summed E-state index contributed by atoms with van der Waals surface area (Å²) in [5.41, 5.74) is 5.64. The van der Waals surface area contributed by atoms with Gasteiger partial charge in [0.2, 0.25) is 10.0 Å². The zero-order valence-electron chi connectivity index (χ0n) is 11.0. The van der Waals surface area contributed by atoms with Crippen molar-refractivity contribution in [1.82, 2.24) is 4.72 Å². The van der Waals surface area contributed by atoms with Crippen molar-refractivity contribution in [3.8, 4) is 0 Å². The van der Waals surface area contributed by atoms with Crippen LogP contribution in [0.25, 0.3) is 0 Å². The van der Waals surface area contributed by atoms with Gasteiger partial charge in [-0.25, -0.2) is 21.9 Å². The molecular weight excluding hydrogens is 286 g/mol. The molecule has 0 heterocycles. The molecule has 4 nitrogen and oxygen atoms in total. The van der Waals surface area contributed by atoms with Crippen molar-refractivity contribution in [3.63, 3.8) is 0 Å². The molecule has 112 valence electrons. The van der Waals surface area contributed by atoms with Gasteiger partial charge in [0.15, 0.2) is 0 Å². The number of hydrogen-bond donors (Lipinski definition) is 2. The molecule has 0 saturated heterocycles. The van der Waals surface area contributed by atoms with Gasteiger partial charge in [0.1, 0.15) is 16.5 Å². The van der Waals surface area contributed by atoms with Gasteiger partial charge in [-0.3, -0.25) is 0 Å². The van der Waals surface area contributed by atoms with E-state index in [1.807, 2.05) is 0 Å². The standard InChI is InChI=1S/C13H18F2N2O2S/c14-10-5-6-11(15)13(7-10)20(18,19)17-12-4-2-1-3-9(12)8-16/h5-7,9,12,17H,1-4,8,16H2/t9-,12+/m0/s1. The minimum Gasteiger partial charge on any atom is -0.330 e. The summed E-state index contributed by atoms with van der Waals surface area (Å²) in [7, 11) is -4.08. The van der Waals surface area contributed by atoms with E-state index in [1.54, 1.807) is 0 Å². The highest BCUT2D eigenvalue weighted by Crippen LogP contribution is 2.25. The summed E-state index contributed by atoms with van der Waals surface area (Å²) in [6.07, 6.45) is 3.41. The lowest BCUT2D eigenvalue weighted by Gasteiger charge is -2.31. The molecule has 0 amide bonds. The summed E-state index contributed by atoms with van der Waals surface area (Å²) in [4.78, 5) is -0.654. The number of rotatable bonds is 4. The molecule has 1 fully saturated rings. The second kappa shape index (κ2) is 6.15. The maximum Gasteiger partial charge on any atom is 0.243 e. The second-order valence-corrected chi connectivity index (χ2v) is 6.77. The number of halogens is 2. The van der Waals surface area contributed by atoms with Crippen LogP contribution in [0.15, 0.2) is 23.1 Å². The van der Waals surface area contributed by atoms with Crippen LogP contribution in [0.5, 0.6) is 0 Å². The Morgan fingerprint density at radius 1 is 1.25 bits per heavy atom. The SMILES string of the molecule is NC[C@@H]1CCCC[C@H]1NS(=O)(=O)c1cc(F)ccc1F. The summed E-state index contributed by atoms with van der Waals surface area (Å²) in [5, 5.41) is 0. The largest absolute Gasteiger partial charge is 0.330 e. The zero-order chi connectivity index (χ0) is 14.8. The summed E-state index contributed by atoms with van der Waals surface area (Å²) in [6, 6.07) is 2.07. The average Bonchev–Trinajstić information content (AvgIpc) is 2.41. The van der Waals surface area contributed by atoms with Crippen LogP contribution < -0.4 is 10.5 Å². The Balaban J connectivity index is 2.24. The van der Waals surface area contributed by atoms with Gasteiger partial charge in [-0.1, -0.05) is 12.8 Å². The molecule has 1 saturated carbocycles. The van der Waals surface area contributed by atoms with Crippen molar-refractivity contribution >= 4 is 10.0 Å². The van der Waals surface area contributed by atoms with Crippen LogP contribution >= 0.6 is 0 Å². The Labute approximate surface area is 117 Å². The second-order valence-electron chi connectivity index (χ2n) is 5.08. The maximum atomic E-state index is 13.6. The first kappa shape index (κ1) is 15.3. The van der Waals surface area contributed by atoms with E-state index in [9.17, 15) is 17.2 Å². The number of sulfonamides is 1. The van der Waals surface area contributed by atoms with Gasteiger partial charge in [0.25, 0.3) is 0 Å². The van der Waals surface area contributed by atoms with E-state index in [-0.39, 0.29) is 12.0 Å². The highest BCUT2D eigenvalue weighted by atomic mass is 32.2. The Hall–Kier alpha value is -1.05. The zero-order valence-corrected chi connectivity index (χ0v) is 11.8. The Morgan fingerprint density at radius 3 is 2.65 bits per heavy atom. The van der Waals surface area contributed by atoms with E-state index < -0.39 is 26.6 Å². The fourth-order valence-corrected chi connectivity index (χ4v) is 4.02. The van der Waals surface area contributed by atoms with Gasteiger partial charge < -0.3 is 5.73 Å². The van der Waals surface area contributed by atoms with Crippen LogP contribution in [0.2, 0.25) is 0 Å². The number of nitrogens with one attached hydrogen (secondary N) is 1. The van der Waals surface area contributed by atoms with Crippen LogP contribution in [0.3, 0.4) is 0 Å². The topological polar surface area (TPSA) is 72.2 Å². The fraction of sp³-hybridized carbons (Fsp3) is 0.538. The summed E-state index contributed by atoms with van der Waals surface area (Å²) >= 11 is 0. The van der Waals surface area contributed by atoms with Crippen molar-refractivity contribution in [2.45, 2.75) is 36.6 Å². The molecule has 1 aromatic carbocycles. The average molecular weight is 304 g/mol. The van der Waals surface area contributed by atoms with E-state index in [0.717, 1.165) is 31.4 Å². The van der Waals surface area contributed by atoms with Gasteiger partial charge >= 0.3 is 0 Å². The van der Waals surface area contributed by atoms with Crippen molar-refractivity contribution in [3.05, 3.63) is 29.8 Å². The van der Waals surface area contributed by atoms with Crippen LogP contribution in [0.4, 0.5) is 8.78 Å². The van der Waals surface area contributed by atoms with Crippen molar-refractivity contribution < 1.29 is 17.2 Å². The Bertz CT molecular complexity index is 578. The molecule has 0 radical (unpaired) electrons. The predicted octanol–water partition coefficient (Wildman–Crippen LogP) is 1.76. The molecule has 1 aromatic rings. The molecule has 1 aliphatic rings. The minimum atomic E-state index is -4.08. The number of nitrogens with two attached hydrogens (primary N) is 1. The van der Waals surface area contributed by atoms with Gasteiger partial charge in [-0.15, -0.1) is 0 Å². The van der Waals surface area contributed by atoms with E-state index in [4.69, 9.17) is 5.73 Å². The third-order valence-electron chi connectivity index (χ3n) is 3.70. The van der Waals surface area contributed by atoms with Gasteiger partial charge in [0, 0.05) is 6.04 Å².